The zero-order chi connectivity index (χ0) is 12.8. The fraction of sp³-hybridized carbons (Fsp3) is 0.500. The van der Waals surface area contributed by atoms with Crippen LogP contribution in [0.25, 0.3) is 0 Å². The molecule has 2 N–H and O–H groups in total. The quantitative estimate of drug-likeness (QED) is 0.630. The van der Waals surface area contributed by atoms with Gasteiger partial charge in [0.05, 0.1) is 0 Å². The first-order valence-corrected chi connectivity index (χ1v) is 6.03. The molecule has 94 valence electrons. The Kier molecular flexibility index (Phi) is 5.16. The average molecular weight is 235 g/mol. The first kappa shape index (κ1) is 13.7. The van der Waals surface area contributed by atoms with Crippen LogP contribution in [0.4, 0.5) is 0 Å². The van der Waals surface area contributed by atoms with Gasteiger partial charge in [-0.05, 0) is 36.5 Å². The van der Waals surface area contributed by atoms with E-state index < -0.39 is 0 Å². The molecule has 0 bridgehead atoms. The SMILES string of the molecule is CC(=O)Oc1ccc([C@H](N)CCC(C)C)cc1. The average Bonchev–Trinajstić information content (AvgIpc) is 2.26. The molecule has 3 nitrogen and oxygen atoms in total. The Morgan fingerprint density at radius 3 is 2.29 bits per heavy atom. The third-order valence-corrected chi connectivity index (χ3v) is 2.62. The summed E-state index contributed by atoms with van der Waals surface area (Å²) in [5, 5.41) is 0. The third kappa shape index (κ3) is 5.00. The zero-order valence-corrected chi connectivity index (χ0v) is 10.8. The molecule has 0 aliphatic rings. The van der Waals surface area contributed by atoms with Crippen molar-refractivity contribution in [2.45, 2.75) is 39.7 Å². The number of carbonyl (C=O) groups excluding carboxylic acids is 1. The van der Waals surface area contributed by atoms with Crippen molar-refractivity contribution in [2.75, 3.05) is 0 Å². The Morgan fingerprint density at radius 2 is 1.82 bits per heavy atom. The second-order valence-electron chi connectivity index (χ2n) is 4.74. The van der Waals surface area contributed by atoms with E-state index in [9.17, 15) is 4.79 Å². The summed E-state index contributed by atoms with van der Waals surface area (Å²) >= 11 is 0. The highest BCUT2D eigenvalue weighted by Crippen LogP contribution is 2.21. The molecule has 0 aromatic heterocycles. The first-order valence-electron chi connectivity index (χ1n) is 6.03. The lowest BCUT2D eigenvalue weighted by Gasteiger charge is -2.13. The molecule has 0 spiro atoms. The van der Waals surface area contributed by atoms with Crippen LogP contribution in [0, 0.1) is 5.92 Å². The van der Waals surface area contributed by atoms with E-state index in [1.165, 1.54) is 6.92 Å². The maximum absolute atomic E-state index is 10.8. The van der Waals surface area contributed by atoms with Crippen molar-refractivity contribution < 1.29 is 9.53 Å². The van der Waals surface area contributed by atoms with Gasteiger partial charge in [-0.1, -0.05) is 26.0 Å². The second kappa shape index (κ2) is 6.40. The van der Waals surface area contributed by atoms with E-state index in [0.29, 0.717) is 11.7 Å². The molecule has 0 aliphatic carbocycles. The number of esters is 1. The molecule has 3 heteroatoms. The monoisotopic (exact) mass is 235 g/mol. The smallest absolute Gasteiger partial charge is 0.308 e. The number of hydrogen-bond acceptors (Lipinski definition) is 3. The van der Waals surface area contributed by atoms with Gasteiger partial charge in [-0.15, -0.1) is 0 Å². The summed E-state index contributed by atoms with van der Waals surface area (Å²) < 4.78 is 4.97. The summed E-state index contributed by atoms with van der Waals surface area (Å²) in [4.78, 5) is 10.8. The van der Waals surface area contributed by atoms with Gasteiger partial charge >= 0.3 is 5.97 Å². The van der Waals surface area contributed by atoms with Gasteiger partial charge in [0.25, 0.3) is 0 Å². The van der Waals surface area contributed by atoms with Crippen molar-refractivity contribution >= 4 is 5.97 Å². The minimum absolute atomic E-state index is 0.0591. The number of nitrogens with two attached hydrogens (primary N) is 1. The van der Waals surface area contributed by atoms with Gasteiger partial charge in [0, 0.05) is 13.0 Å². The largest absolute Gasteiger partial charge is 0.427 e. The van der Waals surface area contributed by atoms with E-state index in [-0.39, 0.29) is 12.0 Å². The van der Waals surface area contributed by atoms with E-state index in [4.69, 9.17) is 10.5 Å². The van der Waals surface area contributed by atoms with Crippen LogP contribution < -0.4 is 10.5 Å². The van der Waals surface area contributed by atoms with Crippen LogP contribution in [-0.2, 0) is 4.79 Å². The highest BCUT2D eigenvalue weighted by Gasteiger charge is 2.07. The molecule has 0 fully saturated rings. The van der Waals surface area contributed by atoms with Crippen LogP contribution in [-0.4, -0.2) is 5.97 Å². The molecule has 0 heterocycles. The molecule has 0 saturated heterocycles. The van der Waals surface area contributed by atoms with Gasteiger partial charge in [-0.3, -0.25) is 4.79 Å². The van der Waals surface area contributed by atoms with E-state index in [0.717, 1.165) is 18.4 Å². The molecule has 1 aromatic carbocycles. The lowest BCUT2D eigenvalue weighted by Crippen LogP contribution is -2.11. The van der Waals surface area contributed by atoms with Crippen LogP contribution in [0.3, 0.4) is 0 Å². The van der Waals surface area contributed by atoms with Gasteiger partial charge in [0.2, 0.25) is 0 Å². The fourth-order valence-electron chi connectivity index (χ4n) is 1.63. The normalized spacial score (nSPS) is 12.5. The van der Waals surface area contributed by atoms with Gasteiger partial charge in [-0.25, -0.2) is 0 Å². The fourth-order valence-corrected chi connectivity index (χ4v) is 1.63. The van der Waals surface area contributed by atoms with Gasteiger partial charge in [0.15, 0.2) is 0 Å². The topological polar surface area (TPSA) is 52.3 Å². The highest BCUT2D eigenvalue weighted by atomic mass is 16.5. The molecule has 0 radical (unpaired) electrons. The summed E-state index contributed by atoms with van der Waals surface area (Å²) in [7, 11) is 0. The minimum atomic E-state index is -0.304. The molecule has 0 saturated carbocycles. The Morgan fingerprint density at radius 1 is 1.24 bits per heavy atom. The van der Waals surface area contributed by atoms with Gasteiger partial charge in [-0.2, -0.15) is 0 Å². The predicted octanol–water partition coefficient (Wildman–Crippen LogP) is 3.05. The number of carbonyl (C=O) groups is 1. The maximum atomic E-state index is 10.8. The third-order valence-electron chi connectivity index (χ3n) is 2.62. The first-order chi connectivity index (χ1) is 7.99. The van der Waals surface area contributed by atoms with Crippen molar-refractivity contribution in [3.63, 3.8) is 0 Å². The van der Waals surface area contributed by atoms with Crippen molar-refractivity contribution in [3.8, 4) is 5.75 Å². The standard InChI is InChI=1S/C14H21NO2/c1-10(2)4-9-14(15)12-5-7-13(8-6-12)17-11(3)16/h5-8,10,14H,4,9,15H2,1-3H3/t14-/m1/s1. The van der Waals surface area contributed by atoms with E-state index in [1.54, 1.807) is 12.1 Å². The molecular weight excluding hydrogens is 214 g/mol. The summed E-state index contributed by atoms with van der Waals surface area (Å²) in [5.74, 6) is 0.931. The molecule has 0 aliphatic heterocycles. The Balaban J connectivity index is 2.57. The van der Waals surface area contributed by atoms with Crippen LogP contribution in [0.1, 0.15) is 45.2 Å². The van der Waals surface area contributed by atoms with Crippen LogP contribution in [0.5, 0.6) is 5.75 Å². The van der Waals surface area contributed by atoms with E-state index in [1.807, 2.05) is 12.1 Å². The summed E-state index contributed by atoms with van der Waals surface area (Å²) in [6, 6.07) is 7.47. The lowest BCUT2D eigenvalue weighted by atomic mass is 9.98. The number of hydrogen-bond donors (Lipinski definition) is 1. The Labute approximate surface area is 103 Å². The Hall–Kier alpha value is -1.35. The zero-order valence-electron chi connectivity index (χ0n) is 10.8. The van der Waals surface area contributed by atoms with Crippen molar-refractivity contribution in [1.29, 1.82) is 0 Å². The lowest BCUT2D eigenvalue weighted by molar-refractivity contribution is -0.131. The number of benzene rings is 1. The van der Waals surface area contributed by atoms with E-state index in [2.05, 4.69) is 13.8 Å². The molecule has 0 amide bonds. The number of ether oxygens (including phenoxy) is 1. The van der Waals surface area contributed by atoms with Crippen LogP contribution >= 0.6 is 0 Å². The molecule has 0 unspecified atom stereocenters. The van der Waals surface area contributed by atoms with Gasteiger partial charge in [0.1, 0.15) is 5.75 Å². The molecule has 1 atom stereocenters. The molecular formula is C14H21NO2. The van der Waals surface area contributed by atoms with Crippen LogP contribution in [0.15, 0.2) is 24.3 Å². The second-order valence-corrected chi connectivity index (χ2v) is 4.74. The minimum Gasteiger partial charge on any atom is -0.427 e. The maximum Gasteiger partial charge on any atom is 0.308 e. The summed E-state index contributed by atoms with van der Waals surface area (Å²) in [6.45, 7) is 5.77. The van der Waals surface area contributed by atoms with Gasteiger partial charge < -0.3 is 10.5 Å². The van der Waals surface area contributed by atoms with Crippen LogP contribution in [0.2, 0.25) is 0 Å². The van der Waals surface area contributed by atoms with E-state index >= 15 is 0 Å². The van der Waals surface area contributed by atoms with Crippen molar-refractivity contribution in [3.05, 3.63) is 29.8 Å². The summed E-state index contributed by atoms with van der Waals surface area (Å²) in [6.07, 6.45) is 2.09. The number of rotatable bonds is 5. The molecule has 17 heavy (non-hydrogen) atoms. The predicted molar refractivity (Wildman–Crippen MR) is 68.8 cm³/mol. The summed E-state index contributed by atoms with van der Waals surface area (Å²) in [5.41, 5.74) is 7.17. The molecule has 1 rings (SSSR count). The Bertz CT molecular complexity index is 357. The van der Waals surface area contributed by atoms with Crippen molar-refractivity contribution in [2.24, 2.45) is 11.7 Å². The molecule has 1 aromatic rings. The highest BCUT2D eigenvalue weighted by molar-refractivity contribution is 5.69. The van der Waals surface area contributed by atoms with Crippen molar-refractivity contribution in [1.82, 2.24) is 0 Å².